The number of carbonyl (C=O) groups excluding carboxylic acids is 1. The van der Waals surface area contributed by atoms with Crippen LogP contribution in [0.2, 0.25) is 0 Å². The van der Waals surface area contributed by atoms with Gasteiger partial charge >= 0.3 is 18.4 Å². The molecule has 0 spiro atoms. The number of rotatable bonds is 5. The van der Waals surface area contributed by atoms with E-state index in [0.29, 0.717) is 30.5 Å². The number of benzene rings is 2. The highest BCUT2D eigenvalue weighted by molar-refractivity contribution is 5.77. The zero-order valence-corrected chi connectivity index (χ0v) is 23.0. The number of phenolic OH excluding ortho intramolecular Hbond substituents is 1. The topological polar surface area (TPSA) is 49.8 Å². The number of ether oxygens (including phenoxy) is 1. The van der Waals surface area contributed by atoms with E-state index in [-0.39, 0.29) is 35.3 Å². The molecule has 1 amide bonds. The van der Waals surface area contributed by atoms with Gasteiger partial charge in [0, 0.05) is 12.1 Å². The van der Waals surface area contributed by atoms with E-state index < -0.39 is 41.7 Å². The van der Waals surface area contributed by atoms with E-state index in [1.54, 1.807) is 13.0 Å². The van der Waals surface area contributed by atoms with Gasteiger partial charge in [0.25, 0.3) is 0 Å². The van der Waals surface area contributed by atoms with Crippen LogP contribution in [0, 0.1) is 5.41 Å². The van der Waals surface area contributed by atoms with Gasteiger partial charge in [-0.2, -0.15) is 26.3 Å². The van der Waals surface area contributed by atoms with Crippen molar-refractivity contribution in [2.45, 2.75) is 84.3 Å². The molecule has 0 unspecified atom stereocenters. The van der Waals surface area contributed by atoms with Gasteiger partial charge in [-0.1, -0.05) is 33.8 Å². The molecular weight excluding hydrogens is 536 g/mol. The van der Waals surface area contributed by atoms with Crippen LogP contribution in [0.4, 0.5) is 31.1 Å². The maximum absolute atomic E-state index is 13.5. The van der Waals surface area contributed by atoms with E-state index >= 15 is 0 Å². The number of cyclic esters (lactones) is 1. The van der Waals surface area contributed by atoms with Crippen molar-refractivity contribution in [3.8, 4) is 5.75 Å². The Labute approximate surface area is 229 Å². The Morgan fingerprint density at radius 1 is 1.02 bits per heavy atom. The van der Waals surface area contributed by atoms with Crippen LogP contribution in [0.3, 0.4) is 0 Å². The minimum absolute atomic E-state index is 0.0572. The summed E-state index contributed by atoms with van der Waals surface area (Å²) in [5.41, 5.74) is 0.0600. The molecule has 0 radical (unpaired) electrons. The fraction of sp³-hybridized carbons (Fsp3) is 0.500. The highest BCUT2D eigenvalue weighted by Gasteiger charge is 2.44. The van der Waals surface area contributed by atoms with Crippen LogP contribution in [0.5, 0.6) is 5.75 Å². The van der Waals surface area contributed by atoms with Crippen LogP contribution in [-0.2, 0) is 17.1 Å². The van der Waals surface area contributed by atoms with Crippen molar-refractivity contribution in [1.82, 2.24) is 4.90 Å². The molecule has 40 heavy (non-hydrogen) atoms. The van der Waals surface area contributed by atoms with Gasteiger partial charge < -0.3 is 9.84 Å². The molecule has 4 nitrogen and oxygen atoms in total. The van der Waals surface area contributed by atoms with Gasteiger partial charge in [0.15, 0.2) is 0 Å². The van der Waals surface area contributed by atoms with Crippen molar-refractivity contribution in [3.05, 3.63) is 69.8 Å². The van der Waals surface area contributed by atoms with Gasteiger partial charge in [-0.05, 0) is 90.1 Å². The molecule has 1 aliphatic heterocycles. The summed E-state index contributed by atoms with van der Waals surface area (Å²) in [5.74, 6) is 0.321. The summed E-state index contributed by atoms with van der Waals surface area (Å²) in [4.78, 5) is 14.4. The number of nitrogens with zero attached hydrogens (tertiary/aromatic N) is 1. The van der Waals surface area contributed by atoms with E-state index in [2.05, 4.69) is 13.8 Å². The van der Waals surface area contributed by atoms with Gasteiger partial charge in [-0.15, -0.1) is 0 Å². The molecule has 2 atom stereocenters. The van der Waals surface area contributed by atoms with Crippen LogP contribution >= 0.6 is 0 Å². The summed E-state index contributed by atoms with van der Waals surface area (Å²) in [6.07, 6.45) is -10.1. The third kappa shape index (κ3) is 6.10. The average Bonchev–Trinajstić information content (AvgIpc) is 3.11. The number of phenols is 1. The molecule has 2 aromatic rings. The Morgan fingerprint density at radius 3 is 2.17 bits per heavy atom. The number of alkyl halides is 6. The van der Waals surface area contributed by atoms with Gasteiger partial charge in [0.2, 0.25) is 0 Å². The van der Waals surface area contributed by atoms with Crippen molar-refractivity contribution in [3.63, 3.8) is 0 Å². The Kier molecular flexibility index (Phi) is 7.71. The van der Waals surface area contributed by atoms with Crippen molar-refractivity contribution in [1.29, 1.82) is 0 Å². The first-order valence-corrected chi connectivity index (χ1v) is 13.2. The van der Waals surface area contributed by atoms with Gasteiger partial charge in [-0.25, -0.2) is 4.79 Å². The lowest BCUT2D eigenvalue weighted by Gasteiger charge is -2.35. The van der Waals surface area contributed by atoms with Crippen LogP contribution in [-0.4, -0.2) is 28.7 Å². The first-order valence-electron chi connectivity index (χ1n) is 13.2. The standard InChI is InChI=1S/C30H33F6NO3/c1-16(2)18-6-7-25(38)24(12-18)23-8-9-28(4,5)14-20(23)15-37-17(3)26(40-27(37)39)19-10-21(29(31,32)33)13-22(11-19)30(34,35)36/h6-7,10-13,16-17,26,38H,8-9,14-15H2,1-5H3/t17-,26-/m0/s1. The van der Waals surface area contributed by atoms with E-state index in [1.165, 1.54) is 4.90 Å². The zero-order chi connectivity index (χ0) is 29.8. The molecule has 2 aromatic carbocycles. The number of halogens is 6. The highest BCUT2D eigenvalue weighted by atomic mass is 19.4. The summed E-state index contributed by atoms with van der Waals surface area (Å²) in [6.45, 7) is 9.87. The van der Waals surface area contributed by atoms with E-state index in [4.69, 9.17) is 4.74 Å². The molecule has 218 valence electrons. The molecule has 1 fully saturated rings. The van der Waals surface area contributed by atoms with Gasteiger partial charge in [0.1, 0.15) is 11.9 Å². The molecular formula is C30H33F6NO3. The maximum Gasteiger partial charge on any atom is 0.416 e. The van der Waals surface area contributed by atoms with Gasteiger partial charge in [-0.3, -0.25) is 4.90 Å². The summed E-state index contributed by atoms with van der Waals surface area (Å²) in [5, 5.41) is 10.7. The van der Waals surface area contributed by atoms with E-state index in [9.17, 15) is 36.2 Å². The molecule has 1 N–H and O–H groups in total. The fourth-order valence-corrected chi connectivity index (χ4v) is 5.55. The SMILES string of the molecule is CC(C)c1ccc(O)c(C2=C(CN3C(=O)O[C@H](c4cc(C(F)(F)F)cc(C(F)(F)F)c4)[C@@H]3C)CC(C)(C)CC2)c1. The molecule has 0 aromatic heterocycles. The van der Waals surface area contributed by atoms with Gasteiger partial charge in [0.05, 0.1) is 17.2 Å². The van der Waals surface area contributed by atoms with Crippen molar-refractivity contribution in [2.75, 3.05) is 6.54 Å². The molecule has 1 heterocycles. The Balaban J connectivity index is 1.73. The third-order valence-corrected chi connectivity index (χ3v) is 7.87. The second-order valence-corrected chi connectivity index (χ2v) is 11.9. The quantitative estimate of drug-likeness (QED) is 0.366. The first-order chi connectivity index (χ1) is 18.4. The number of hydrogen-bond acceptors (Lipinski definition) is 3. The summed E-state index contributed by atoms with van der Waals surface area (Å²) in [6, 6.07) is 5.86. The van der Waals surface area contributed by atoms with Crippen LogP contribution in [0.25, 0.3) is 5.57 Å². The average molecular weight is 570 g/mol. The van der Waals surface area contributed by atoms with E-state index in [0.717, 1.165) is 23.1 Å². The molecule has 0 bridgehead atoms. The third-order valence-electron chi connectivity index (χ3n) is 7.87. The molecule has 1 saturated heterocycles. The molecule has 0 saturated carbocycles. The lowest BCUT2D eigenvalue weighted by Crippen LogP contribution is -2.35. The monoisotopic (exact) mass is 569 g/mol. The second kappa shape index (κ2) is 10.3. The number of aromatic hydroxyl groups is 1. The normalized spacial score (nSPS) is 21.8. The Bertz CT molecular complexity index is 1290. The Hall–Kier alpha value is -3.17. The lowest BCUT2D eigenvalue weighted by molar-refractivity contribution is -0.143. The highest BCUT2D eigenvalue weighted by Crippen LogP contribution is 2.46. The zero-order valence-electron chi connectivity index (χ0n) is 23.0. The summed E-state index contributed by atoms with van der Waals surface area (Å²) < 4.78 is 86.1. The van der Waals surface area contributed by atoms with Crippen LogP contribution < -0.4 is 0 Å². The molecule has 1 aliphatic carbocycles. The number of amides is 1. The minimum Gasteiger partial charge on any atom is -0.507 e. The molecule has 10 heteroatoms. The summed E-state index contributed by atoms with van der Waals surface area (Å²) in [7, 11) is 0. The Morgan fingerprint density at radius 2 is 1.62 bits per heavy atom. The largest absolute Gasteiger partial charge is 0.507 e. The fourth-order valence-electron chi connectivity index (χ4n) is 5.55. The number of hydrogen-bond donors (Lipinski definition) is 1. The van der Waals surface area contributed by atoms with Crippen LogP contribution in [0.15, 0.2) is 42.0 Å². The predicted octanol–water partition coefficient (Wildman–Crippen LogP) is 9.10. The van der Waals surface area contributed by atoms with Crippen LogP contribution in [0.1, 0.15) is 93.7 Å². The summed E-state index contributed by atoms with van der Waals surface area (Å²) >= 11 is 0. The maximum atomic E-state index is 13.5. The smallest absolute Gasteiger partial charge is 0.416 e. The van der Waals surface area contributed by atoms with Crippen molar-refractivity contribution in [2.24, 2.45) is 5.41 Å². The molecule has 2 aliphatic rings. The predicted molar refractivity (Wildman–Crippen MR) is 139 cm³/mol. The molecule has 4 rings (SSSR count). The van der Waals surface area contributed by atoms with E-state index in [1.807, 2.05) is 26.0 Å². The lowest BCUT2D eigenvalue weighted by atomic mass is 9.72. The van der Waals surface area contributed by atoms with Crippen molar-refractivity contribution < 1.29 is 41.0 Å². The van der Waals surface area contributed by atoms with Crippen molar-refractivity contribution >= 4 is 11.7 Å². The first kappa shape index (κ1) is 29.8. The number of allylic oxidation sites excluding steroid dienone is 1. The number of carbonyl (C=O) groups is 1. The minimum atomic E-state index is -5.01. The second-order valence-electron chi connectivity index (χ2n) is 11.9.